The number of ether oxygens (including phenoxy) is 1. The molecule has 4 N–H and O–H groups in total. The van der Waals surface area contributed by atoms with Gasteiger partial charge in [-0.1, -0.05) is 17.7 Å². The Morgan fingerprint density at radius 1 is 1.15 bits per heavy atom. The molecule has 0 fully saturated rings. The summed E-state index contributed by atoms with van der Waals surface area (Å²) in [4.78, 5) is 23.7. The van der Waals surface area contributed by atoms with Crippen LogP contribution in [0.4, 0.5) is 0 Å². The van der Waals surface area contributed by atoms with Gasteiger partial charge in [0.05, 0.1) is 4.90 Å². The van der Waals surface area contributed by atoms with E-state index in [0.717, 1.165) is 5.56 Å². The Hall–Kier alpha value is -1.97. The van der Waals surface area contributed by atoms with E-state index in [1.807, 2.05) is 6.92 Å². The van der Waals surface area contributed by atoms with Crippen molar-refractivity contribution < 1.29 is 27.9 Å². The van der Waals surface area contributed by atoms with Crippen LogP contribution in [0, 0.1) is 6.92 Å². The second-order valence-corrected chi connectivity index (χ2v) is 9.21. The molecule has 0 radical (unpaired) electrons. The van der Waals surface area contributed by atoms with Crippen LogP contribution < -0.4 is 10.5 Å². The van der Waals surface area contributed by atoms with Gasteiger partial charge in [-0.2, -0.15) is 0 Å². The number of aryl methyl sites for hydroxylation is 1. The number of aliphatic carboxylic acids is 1. The number of nitrogens with one attached hydrogen (secondary N) is 1. The first-order chi connectivity index (χ1) is 12.3. The largest absolute Gasteiger partial charge is 0.479 e. The first-order valence-corrected chi connectivity index (χ1v) is 10.1. The number of carbonyl (C=O) groups excluding carboxylic acids is 1. The molecule has 1 aromatic rings. The predicted molar refractivity (Wildman–Crippen MR) is 101 cm³/mol. The van der Waals surface area contributed by atoms with E-state index in [9.17, 15) is 23.1 Å². The summed E-state index contributed by atoms with van der Waals surface area (Å²) >= 11 is 0. The molecule has 0 spiro atoms. The average Bonchev–Trinajstić information content (AvgIpc) is 2.52. The van der Waals surface area contributed by atoms with Crippen molar-refractivity contribution in [2.75, 3.05) is 6.54 Å². The molecule has 0 aromatic heterocycles. The lowest BCUT2D eigenvalue weighted by atomic mass is 9.93. The van der Waals surface area contributed by atoms with Crippen LogP contribution in [0.15, 0.2) is 29.2 Å². The summed E-state index contributed by atoms with van der Waals surface area (Å²) in [7, 11) is -3.64. The molecule has 27 heavy (non-hydrogen) atoms. The molecule has 9 heteroatoms. The normalized spacial score (nSPS) is 14.4. The number of esters is 1. The summed E-state index contributed by atoms with van der Waals surface area (Å²) in [6.45, 7) is 6.81. The highest BCUT2D eigenvalue weighted by molar-refractivity contribution is 7.89. The number of hydrogen-bond donors (Lipinski definition) is 3. The first-order valence-electron chi connectivity index (χ1n) is 8.60. The molecule has 0 saturated heterocycles. The lowest BCUT2D eigenvalue weighted by Gasteiger charge is -2.28. The number of carbonyl (C=O) groups is 2. The van der Waals surface area contributed by atoms with Gasteiger partial charge in [-0.05, 0) is 59.1 Å². The van der Waals surface area contributed by atoms with Gasteiger partial charge in [0.25, 0.3) is 0 Å². The van der Waals surface area contributed by atoms with Crippen LogP contribution in [0.25, 0.3) is 0 Å². The Kier molecular flexibility index (Phi) is 7.53. The number of hydrogen-bond acceptors (Lipinski definition) is 6. The standard InChI is InChI=1S/C18H28N2O6S/c1-13-7-9-14(10-8-13)27(24,25)20-12-6-5-11-18(19,15(21)22)16(23)26-17(2,3)4/h7-10,20H,5-6,11-12,19H2,1-4H3,(H,21,22). The van der Waals surface area contributed by atoms with Gasteiger partial charge in [0, 0.05) is 6.54 Å². The van der Waals surface area contributed by atoms with Crippen LogP contribution in [-0.2, 0) is 24.3 Å². The van der Waals surface area contributed by atoms with Crippen molar-refractivity contribution in [3.05, 3.63) is 29.8 Å². The molecule has 1 rings (SSSR count). The highest BCUT2D eigenvalue weighted by Gasteiger charge is 2.44. The molecule has 1 atom stereocenters. The van der Waals surface area contributed by atoms with Gasteiger partial charge in [0.15, 0.2) is 0 Å². The first kappa shape index (κ1) is 23.1. The monoisotopic (exact) mass is 400 g/mol. The zero-order valence-electron chi connectivity index (χ0n) is 16.1. The summed E-state index contributed by atoms with van der Waals surface area (Å²) in [5, 5.41) is 9.32. The Bertz CT molecular complexity index is 768. The highest BCUT2D eigenvalue weighted by Crippen LogP contribution is 2.19. The number of rotatable bonds is 9. The SMILES string of the molecule is Cc1ccc(S(=O)(=O)NCCCCC(N)(C(=O)O)C(=O)OC(C)(C)C)cc1. The van der Waals surface area contributed by atoms with Crippen molar-refractivity contribution in [1.29, 1.82) is 0 Å². The summed E-state index contributed by atoms with van der Waals surface area (Å²) in [6, 6.07) is 6.42. The van der Waals surface area contributed by atoms with Gasteiger partial charge in [0.2, 0.25) is 15.6 Å². The number of carboxylic acids is 1. The third kappa shape index (κ3) is 6.93. The van der Waals surface area contributed by atoms with Crippen LogP contribution in [0.5, 0.6) is 0 Å². The van der Waals surface area contributed by atoms with E-state index in [-0.39, 0.29) is 24.3 Å². The van der Waals surface area contributed by atoms with Crippen LogP contribution in [-0.4, -0.2) is 43.1 Å². The summed E-state index contributed by atoms with van der Waals surface area (Å²) in [6.07, 6.45) is 0.391. The van der Waals surface area contributed by atoms with Crippen LogP contribution in [0.2, 0.25) is 0 Å². The Balaban J connectivity index is 2.58. The third-order valence-corrected chi connectivity index (χ3v) is 5.24. The maximum absolute atomic E-state index is 12.2. The molecule has 0 bridgehead atoms. The molecule has 0 saturated carbocycles. The van der Waals surface area contributed by atoms with Gasteiger partial charge in [-0.25, -0.2) is 22.7 Å². The van der Waals surface area contributed by atoms with Crippen molar-refractivity contribution in [2.45, 2.75) is 63.0 Å². The Morgan fingerprint density at radius 2 is 1.70 bits per heavy atom. The molecule has 8 nitrogen and oxygen atoms in total. The molecule has 0 amide bonds. The van der Waals surface area contributed by atoms with Gasteiger partial charge in [0.1, 0.15) is 5.60 Å². The van der Waals surface area contributed by atoms with Crippen molar-refractivity contribution in [1.82, 2.24) is 4.72 Å². The number of benzene rings is 1. The lowest BCUT2D eigenvalue weighted by Crippen LogP contribution is -2.57. The molecule has 0 aliphatic heterocycles. The second kappa shape index (κ2) is 8.81. The summed E-state index contributed by atoms with van der Waals surface area (Å²) in [5.41, 5.74) is 3.68. The quantitative estimate of drug-likeness (QED) is 0.325. The minimum absolute atomic E-state index is 0.0974. The number of unbranched alkanes of at least 4 members (excludes halogenated alkanes) is 1. The molecular formula is C18H28N2O6S. The van der Waals surface area contributed by atoms with E-state index in [0.29, 0.717) is 6.42 Å². The zero-order valence-corrected chi connectivity index (χ0v) is 16.9. The van der Waals surface area contributed by atoms with Crippen molar-refractivity contribution in [3.63, 3.8) is 0 Å². The van der Waals surface area contributed by atoms with E-state index < -0.39 is 33.1 Å². The van der Waals surface area contributed by atoms with Crippen molar-refractivity contribution >= 4 is 22.0 Å². The van der Waals surface area contributed by atoms with Crippen molar-refractivity contribution in [3.8, 4) is 0 Å². The highest BCUT2D eigenvalue weighted by atomic mass is 32.2. The number of carboxylic acid groups (broad SMARTS) is 1. The minimum atomic E-state index is -3.64. The fraction of sp³-hybridized carbons (Fsp3) is 0.556. The lowest BCUT2D eigenvalue weighted by molar-refractivity contribution is -0.169. The van der Waals surface area contributed by atoms with Crippen LogP contribution in [0.1, 0.15) is 45.6 Å². The summed E-state index contributed by atoms with van der Waals surface area (Å²) in [5.74, 6) is -2.49. The zero-order chi connectivity index (χ0) is 20.9. The van der Waals surface area contributed by atoms with E-state index in [2.05, 4.69) is 4.72 Å². The van der Waals surface area contributed by atoms with Gasteiger partial charge in [-0.15, -0.1) is 0 Å². The smallest absolute Gasteiger partial charge is 0.338 e. The molecule has 152 valence electrons. The third-order valence-electron chi connectivity index (χ3n) is 3.77. The van der Waals surface area contributed by atoms with Crippen molar-refractivity contribution in [2.24, 2.45) is 5.73 Å². The van der Waals surface area contributed by atoms with Gasteiger partial charge < -0.3 is 15.6 Å². The molecular weight excluding hydrogens is 372 g/mol. The number of nitrogens with two attached hydrogens (primary N) is 1. The molecule has 0 aliphatic rings. The van der Waals surface area contributed by atoms with Gasteiger partial charge in [-0.3, -0.25) is 0 Å². The van der Waals surface area contributed by atoms with E-state index >= 15 is 0 Å². The van der Waals surface area contributed by atoms with Crippen LogP contribution in [0.3, 0.4) is 0 Å². The predicted octanol–water partition coefficient (Wildman–Crippen LogP) is 1.57. The molecule has 0 aliphatic carbocycles. The number of sulfonamides is 1. The topological polar surface area (TPSA) is 136 Å². The second-order valence-electron chi connectivity index (χ2n) is 7.45. The van der Waals surface area contributed by atoms with Crippen LogP contribution >= 0.6 is 0 Å². The molecule has 1 aromatic carbocycles. The van der Waals surface area contributed by atoms with E-state index in [1.54, 1.807) is 32.9 Å². The van der Waals surface area contributed by atoms with Gasteiger partial charge >= 0.3 is 11.9 Å². The minimum Gasteiger partial charge on any atom is -0.479 e. The summed E-state index contributed by atoms with van der Waals surface area (Å²) < 4.78 is 31.9. The maximum Gasteiger partial charge on any atom is 0.338 e. The fourth-order valence-electron chi connectivity index (χ4n) is 2.20. The Morgan fingerprint density at radius 3 is 2.19 bits per heavy atom. The maximum atomic E-state index is 12.2. The molecule has 1 unspecified atom stereocenters. The fourth-order valence-corrected chi connectivity index (χ4v) is 3.28. The van der Waals surface area contributed by atoms with E-state index in [1.165, 1.54) is 12.1 Å². The average molecular weight is 400 g/mol. The molecule has 0 heterocycles. The Labute approximate surface area is 160 Å². The van der Waals surface area contributed by atoms with E-state index in [4.69, 9.17) is 10.5 Å².